The van der Waals surface area contributed by atoms with Crippen molar-refractivity contribution in [1.82, 2.24) is 0 Å². The predicted octanol–water partition coefficient (Wildman–Crippen LogP) is 1.63. The highest BCUT2D eigenvalue weighted by Crippen LogP contribution is 2.41. The number of carbonyl (C=O) groups is 3. The molecule has 0 amide bonds. The summed E-state index contributed by atoms with van der Waals surface area (Å²) in [7, 11) is 0. The molecule has 4 heteroatoms. The highest BCUT2D eigenvalue weighted by Gasteiger charge is 2.50. The van der Waals surface area contributed by atoms with Gasteiger partial charge in [-0.2, -0.15) is 11.8 Å². The molecule has 0 heterocycles. The fourth-order valence-electron chi connectivity index (χ4n) is 2.70. The molecule has 3 atom stereocenters. The number of carbonyl (C=O) groups excluding carboxylic acids is 3. The number of hydrogen-bond donors (Lipinski definition) is 0. The highest BCUT2D eigenvalue weighted by molar-refractivity contribution is 8.00. The fourth-order valence-corrected chi connectivity index (χ4v) is 4.06. The van der Waals surface area contributed by atoms with E-state index in [1.165, 1.54) is 0 Å². The molecule has 2 aliphatic carbocycles. The molecule has 3 nitrogen and oxygen atoms in total. The fraction of sp³-hybridized carbons (Fsp3) is 0.750. The van der Waals surface area contributed by atoms with Crippen LogP contribution in [-0.4, -0.2) is 27.8 Å². The first-order valence-electron chi connectivity index (χ1n) is 5.78. The summed E-state index contributed by atoms with van der Waals surface area (Å²) in [4.78, 5) is 34.4. The van der Waals surface area contributed by atoms with Crippen molar-refractivity contribution in [2.45, 2.75) is 43.6 Å². The van der Waals surface area contributed by atoms with E-state index in [0.29, 0.717) is 23.3 Å². The molecule has 0 bridgehead atoms. The van der Waals surface area contributed by atoms with E-state index in [2.05, 4.69) is 13.8 Å². The van der Waals surface area contributed by atoms with E-state index >= 15 is 0 Å². The summed E-state index contributed by atoms with van der Waals surface area (Å²) < 4.78 is 0. The zero-order valence-corrected chi connectivity index (χ0v) is 10.4. The minimum Gasteiger partial charge on any atom is -0.290 e. The van der Waals surface area contributed by atoms with Crippen LogP contribution in [0.15, 0.2) is 0 Å². The van der Waals surface area contributed by atoms with Crippen LogP contribution in [0.1, 0.15) is 33.1 Å². The summed E-state index contributed by atoms with van der Waals surface area (Å²) in [6.45, 7) is 4.26. The van der Waals surface area contributed by atoms with Gasteiger partial charge in [0.05, 0.1) is 0 Å². The SMILES string of the molecule is CC(C)SC1CCC2C(=O)C(=O)C(=O)C2C1. The minimum atomic E-state index is -0.745. The zero-order valence-electron chi connectivity index (χ0n) is 9.56. The van der Waals surface area contributed by atoms with Gasteiger partial charge in [0.15, 0.2) is 0 Å². The predicted molar refractivity (Wildman–Crippen MR) is 62.4 cm³/mol. The first-order chi connectivity index (χ1) is 7.50. The second-order valence-electron chi connectivity index (χ2n) is 4.89. The van der Waals surface area contributed by atoms with Crippen LogP contribution in [0.4, 0.5) is 0 Å². The molecule has 2 rings (SSSR count). The van der Waals surface area contributed by atoms with E-state index in [1.807, 2.05) is 11.8 Å². The lowest BCUT2D eigenvalue weighted by atomic mass is 9.81. The third-order valence-corrected chi connectivity index (χ3v) is 4.75. The molecule has 0 aromatic rings. The second-order valence-corrected chi connectivity index (χ2v) is 6.77. The summed E-state index contributed by atoms with van der Waals surface area (Å²) >= 11 is 1.85. The van der Waals surface area contributed by atoms with Gasteiger partial charge in [-0.3, -0.25) is 14.4 Å². The van der Waals surface area contributed by atoms with Gasteiger partial charge < -0.3 is 0 Å². The van der Waals surface area contributed by atoms with Crippen LogP contribution in [0, 0.1) is 11.8 Å². The lowest BCUT2D eigenvalue weighted by Gasteiger charge is -2.29. The van der Waals surface area contributed by atoms with Gasteiger partial charge in [-0.1, -0.05) is 13.8 Å². The first kappa shape index (κ1) is 11.8. The molecule has 0 aromatic heterocycles. The number of hydrogen-bond acceptors (Lipinski definition) is 4. The molecular weight excluding hydrogens is 224 g/mol. The van der Waals surface area contributed by atoms with Crippen LogP contribution in [0.25, 0.3) is 0 Å². The molecule has 0 aromatic carbocycles. The summed E-state index contributed by atoms with van der Waals surface area (Å²) in [6.07, 6.45) is 2.38. The average Bonchev–Trinajstić information content (AvgIpc) is 2.43. The Morgan fingerprint density at radius 1 is 1.06 bits per heavy atom. The molecular formula is C12H16O3S. The molecule has 2 aliphatic rings. The third-order valence-electron chi connectivity index (χ3n) is 3.39. The molecule has 2 saturated carbocycles. The van der Waals surface area contributed by atoms with Gasteiger partial charge in [-0.15, -0.1) is 0 Å². The monoisotopic (exact) mass is 240 g/mol. The van der Waals surface area contributed by atoms with E-state index in [1.54, 1.807) is 0 Å². The Hall–Kier alpha value is -0.640. The van der Waals surface area contributed by atoms with Crippen molar-refractivity contribution >= 4 is 29.1 Å². The summed E-state index contributed by atoms with van der Waals surface area (Å²) in [5, 5.41) is 0.966. The Kier molecular flexibility index (Phi) is 3.19. The summed E-state index contributed by atoms with van der Waals surface area (Å²) in [6, 6.07) is 0. The van der Waals surface area contributed by atoms with E-state index < -0.39 is 17.3 Å². The molecule has 3 unspecified atom stereocenters. The maximum Gasteiger partial charge on any atom is 0.264 e. The van der Waals surface area contributed by atoms with Crippen molar-refractivity contribution in [3.05, 3.63) is 0 Å². The highest BCUT2D eigenvalue weighted by atomic mass is 32.2. The molecule has 16 heavy (non-hydrogen) atoms. The standard InChI is InChI=1S/C12H16O3S/c1-6(2)16-7-3-4-8-9(5-7)11(14)12(15)10(8)13/h6-9H,3-5H2,1-2H3. The van der Waals surface area contributed by atoms with Gasteiger partial charge in [0, 0.05) is 17.1 Å². The lowest BCUT2D eigenvalue weighted by Crippen LogP contribution is -2.29. The lowest BCUT2D eigenvalue weighted by molar-refractivity contribution is -0.141. The molecule has 2 fully saturated rings. The van der Waals surface area contributed by atoms with Crippen molar-refractivity contribution in [2.24, 2.45) is 11.8 Å². The Morgan fingerprint density at radius 2 is 1.69 bits per heavy atom. The molecule has 0 N–H and O–H groups in total. The van der Waals surface area contributed by atoms with Gasteiger partial charge in [0.25, 0.3) is 5.78 Å². The van der Waals surface area contributed by atoms with Crippen molar-refractivity contribution in [2.75, 3.05) is 0 Å². The minimum absolute atomic E-state index is 0.288. The number of Topliss-reactive ketones (excluding diaryl/α,β-unsaturated/α-hetero) is 3. The van der Waals surface area contributed by atoms with Gasteiger partial charge in [-0.05, 0) is 24.5 Å². The topological polar surface area (TPSA) is 51.2 Å². The van der Waals surface area contributed by atoms with Crippen LogP contribution in [0.3, 0.4) is 0 Å². The maximum absolute atomic E-state index is 11.6. The Balaban J connectivity index is 2.07. The zero-order chi connectivity index (χ0) is 11.9. The normalized spacial score (nSPS) is 34.7. The van der Waals surface area contributed by atoms with Gasteiger partial charge >= 0.3 is 0 Å². The Bertz CT molecular complexity index is 348. The van der Waals surface area contributed by atoms with E-state index in [-0.39, 0.29) is 11.8 Å². The van der Waals surface area contributed by atoms with Crippen LogP contribution in [0.5, 0.6) is 0 Å². The van der Waals surface area contributed by atoms with E-state index in [9.17, 15) is 14.4 Å². The number of ketones is 3. The quantitative estimate of drug-likeness (QED) is 0.688. The van der Waals surface area contributed by atoms with Crippen molar-refractivity contribution in [3.63, 3.8) is 0 Å². The second kappa shape index (κ2) is 4.32. The maximum atomic E-state index is 11.6. The van der Waals surface area contributed by atoms with Crippen molar-refractivity contribution < 1.29 is 14.4 Å². The van der Waals surface area contributed by atoms with Crippen LogP contribution < -0.4 is 0 Å². The number of fused-ring (bicyclic) bond motifs is 1. The molecule has 0 spiro atoms. The van der Waals surface area contributed by atoms with Crippen LogP contribution >= 0.6 is 11.8 Å². The molecule has 0 radical (unpaired) electrons. The van der Waals surface area contributed by atoms with E-state index in [0.717, 1.165) is 6.42 Å². The molecule has 0 saturated heterocycles. The average molecular weight is 240 g/mol. The largest absolute Gasteiger partial charge is 0.290 e. The van der Waals surface area contributed by atoms with Crippen LogP contribution in [-0.2, 0) is 14.4 Å². The van der Waals surface area contributed by atoms with Crippen LogP contribution in [0.2, 0.25) is 0 Å². The first-order valence-corrected chi connectivity index (χ1v) is 6.72. The van der Waals surface area contributed by atoms with Crippen molar-refractivity contribution in [3.8, 4) is 0 Å². The summed E-state index contributed by atoms with van der Waals surface area (Å²) in [5.41, 5.74) is 0. The number of thioether (sulfide) groups is 1. The van der Waals surface area contributed by atoms with Gasteiger partial charge in [0.2, 0.25) is 11.6 Å². The molecule has 88 valence electrons. The third kappa shape index (κ3) is 1.95. The number of rotatable bonds is 2. The van der Waals surface area contributed by atoms with Crippen molar-refractivity contribution in [1.29, 1.82) is 0 Å². The van der Waals surface area contributed by atoms with E-state index in [4.69, 9.17) is 0 Å². The van der Waals surface area contributed by atoms with Gasteiger partial charge in [0.1, 0.15) is 0 Å². The van der Waals surface area contributed by atoms with Gasteiger partial charge in [-0.25, -0.2) is 0 Å². The Morgan fingerprint density at radius 3 is 2.31 bits per heavy atom. The smallest absolute Gasteiger partial charge is 0.264 e. The Labute approximate surface area is 99.3 Å². The summed E-state index contributed by atoms with van der Waals surface area (Å²) in [5.74, 6) is -2.19. The molecule has 0 aliphatic heterocycles.